The van der Waals surface area contributed by atoms with Crippen LogP contribution in [0.2, 0.25) is 0 Å². The van der Waals surface area contributed by atoms with Crippen LogP contribution in [0.1, 0.15) is 12.2 Å². The first kappa shape index (κ1) is 16.2. The Kier molecular flexibility index (Phi) is 4.46. The Balaban J connectivity index is 1.57. The molecule has 4 nitrogen and oxygen atoms in total. The highest BCUT2D eigenvalue weighted by atomic mass is 32.2. The Morgan fingerprint density at radius 3 is 2.72 bits per heavy atom. The normalized spacial score (nSPS) is 11.5. The molecule has 0 aliphatic heterocycles. The lowest BCUT2D eigenvalue weighted by Gasteiger charge is -2.06. The van der Waals surface area contributed by atoms with Crippen molar-refractivity contribution in [3.05, 3.63) is 59.7 Å². The third-order valence-corrected chi connectivity index (χ3v) is 5.44. The summed E-state index contributed by atoms with van der Waals surface area (Å²) >= 11 is 2.75. The van der Waals surface area contributed by atoms with Crippen LogP contribution in [0.15, 0.2) is 59.2 Å². The van der Waals surface area contributed by atoms with E-state index in [0.29, 0.717) is 21.9 Å². The van der Waals surface area contributed by atoms with Crippen molar-refractivity contribution in [2.75, 3.05) is 0 Å². The van der Waals surface area contributed by atoms with E-state index in [1.807, 2.05) is 23.6 Å². The number of para-hydroxylation sites is 2. The smallest absolute Gasteiger partial charge is 0.261 e. The fourth-order valence-corrected chi connectivity index (χ4v) is 4.24. The second-order valence-corrected chi connectivity index (χ2v) is 6.98. The van der Waals surface area contributed by atoms with Crippen LogP contribution in [-0.4, -0.2) is 19.5 Å². The second-order valence-electron chi connectivity index (χ2n) is 5.18. The van der Waals surface area contributed by atoms with Crippen LogP contribution >= 0.6 is 23.1 Å². The number of thioether (sulfide) groups is 1. The molecule has 4 rings (SSSR count). The molecule has 0 N–H and O–H groups in total. The molecule has 0 atom stereocenters. The van der Waals surface area contributed by atoms with Gasteiger partial charge in [0.25, 0.3) is 0 Å². The molecule has 0 amide bonds. The van der Waals surface area contributed by atoms with Crippen molar-refractivity contribution < 1.29 is 8.78 Å². The molecular formula is C17H12F2N4S2. The first-order valence-electron chi connectivity index (χ1n) is 7.46. The monoisotopic (exact) mass is 374 g/mol. The number of hydrogen-bond acceptors (Lipinski definition) is 5. The molecule has 0 spiro atoms. The molecule has 25 heavy (non-hydrogen) atoms. The predicted molar refractivity (Wildman–Crippen MR) is 95.9 cm³/mol. The van der Waals surface area contributed by atoms with Crippen LogP contribution in [0, 0.1) is 0 Å². The summed E-state index contributed by atoms with van der Waals surface area (Å²) in [6.45, 7) is -2.63. The van der Waals surface area contributed by atoms with Gasteiger partial charge in [0.15, 0.2) is 5.16 Å². The van der Waals surface area contributed by atoms with Crippen molar-refractivity contribution in [1.82, 2.24) is 19.5 Å². The minimum atomic E-state index is -2.63. The maximum absolute atomic E-state index is 13.4. The molecule has 126 valence electrons. The molecule has 0 saturated carbocycles. The average Bonchev–Trinajstić information content (AvgIpc) is 3.25. The van der Waals surface area contributed by atoms with Gasteiger partial charge in [0.05, 0.1) is 22.4 Å². The highest BCUT2D eigenvalue weighted by molar-refractivity contribution is 7.98. The summed E-state index contributed by atoms with van der Waals surface area (Å²) in [6, 6.07) is 12.6. The van der Waals surface area contributed by atoms with Crippen LogP contribution in [0.3, 0.4) is 0 Å². The Morgan fingerprint density at radius 2 is 1.92 bits per heavy atom. The van der Waals surface area contributed by atoms with Crippen molar-refractivity contribution in [3.63, 3.8) is 0 Å². The first-order valence-corrected chi connectivity index (χ1v) is 9.32. The van der Waals surface area contributed by atoms with E-state index in [0.717, 1.165) is 21.0 Å². The van der Waals surface area contributed by atoms with Crippen LogP contribution in [0.5, 0.6) is 0 Å². The Bertz CT molecular complexity index is 998. The van der Waals surface area contributed by atoms with E-state index >= 15 is 0 Å². The van der Waals surface area contributed by atoms with E-state index in [1.165, 1.54) is 23.1 Å². The van der Waals surface area contributed by atoms with Gasteiger partial charge >= 0.3 is 6.55 Å². The van der Waals surface area contributed by atoms with Crippen LogP contribution in [-0.2, 0) is 5.75 Å². The minimum Gasteiger partial charge on any atom is -0.261 e. The number of aromatic nitrogens is 4. The van der Waals surface area contributed by atoms with Gasteiger partial charge in [0.1, 0.15) is 5.01 Å². The van der Waals surface area contributed by atoms with Crippen molar-refractivity contribution in [3.8, 4) is 10.7 Å². The Hall–Kier alpha value is -2.32. The Labute approximate surface area is 150 Å². The zero-order valence-electron chi connectivity index (χ0n) is 12.8. The molecule has 4 aromatic rings. The van der Waals surface area contributed by atoms with E-state index in [4.69, 9.17) is 0 Å². The molecular weight excluding hydrogens is 362 g/mol. The van der Waals surface area contributed by atoms with Gasteiger partial charge in [-0.2, -0.15) is 8.78 Å². The summed E-state index contributed by atoms with van der Waals surface area (Å²) in [5, 5.41) is 3.04. The summed E-state index contributed by atoms with van der Waals surface area (Å²) in [5.74, 6) is 0.472. The summed E-state index contributed by atoms with van der Waals surface area (Å²) in [7, 11) is 0. The minimum absolute atomic E-state index is 0.295. The van der Waals surface area contributed by atoms with Crippen LogP contribution in [0.4, 0.5) is 8.78 Å². The van der Waals surface area contributed by atoms with E-state index in [-0.39, 0.29) is 0 Å². The standard InChI is InChI=1S/C17H12F2N4S2/c18-16(19)23-14-7-2-1-5-12(14)22-17(23)25-10-11-9-24-15(21-11)13-6-3-4-8-20-13/h1-9,16H,10H2. The van der Waals surface area contributed by atoms with Crippen molar-refractivity contribution in [2.45, 2.75) is 17.5 Å². The summed E-state index contributed by atoms with van der Waals surface area (Å²) in [5.41, 5.74) is 2.64. The molecule has 3 heterocycles. The van der Waals surface area contributed by atoms with Crippen LogP contribution in [0.25, 0.3) is 21.7 Å². The van der Waals surface area contributed by atoms with Crippen LogP contribution < -0.4 is 0 Å². The number of halogens is 2. The highest BCUT2D eigenvalue weighted by Gasteiger charge is 2.18. The molecule has 3 aromatic heterocycles. The van der Waals surface area contributed by atoms with Gasteiger partial charge in [-0.3, -0.25) is 9.55 Å². The molecule has 0 aliphatic carbocycles. The van der Waals surface area contributed by atoms with Gasteiger partial charge < -0.3 is 0 Å². The largest absolute Gasteiger partial charge is 0.321 e. The number of alkyl halides is 2. The van der Waals surface area contributed by atoms with E-state index < -0.39 is 6.55 Å². The van der Waals surface area contributed by atoms with Gasteiger partial charge in [-0.05, 0) is 24.3 Å². The summed E-state index contributed by atoms with van der Waals surface area (Å²) in [6.07, 6.45) is 1.72. The lowest BCUT2D eigenvalue weighted by molar-refractivity contribution is 0.0656. The molecule has 0 aliphatic rings. The number of benzene rings is 1. The zero-order chi connectivity index (χ0) is 17.2. The van der Waals surface area contributed by atoms with E-state index in [2.05, 4.69) is 15.0 Å². The van der Waals surface area contributed by atoms with Gasteiger partial charge in [-0.25, -0.2) is 9.97 Å². The fraction of sp³-hybridized carbons (Fsp3) is 0.118. The van der Waals surface area contributed by atoms with Gasteiger partial charge in [-0.15, -0.1) is 11.3 Å². The number of hydrogen-bond donors (Lipinski definition) is 0. The third kappa shape index (κ3) is 3.27. The average molecular weight is 374 g/mol. The van der Waals surface area contributed by atoms with Gasteiger partial charge in [0.2, 0.25) is 0 Å². The fourth-order valence-electron chi connectivity index (χ4n) is 2.43. The van der Waals surface area contributed by atoms with Gasteiger partial charge in [-0.1, -0.05) is 30.0 Å². The molecule has 8 heteroatoms. The molecule has 0 fully saturated rings. The number of thiazole rings is 1. The maximum Gasteiger partial charge on any atom is 0.321 e. The van der Waals surface area contributed by atoms with Crippen molar-refractivity contribution in [1.29, 1.82) is 0 Å². The third-order valence-electron chi connectivity index (χ3n) is 3.54. The van der Waals surface area contributed by atoms with Gasteiger partial charge in [0, 0.05) is 17.3 Å². The van der Waals surface area contributed by atoms with Crippen molar-refractivity contribution >= 4 is 34.1 Å². The second kappa shape index (κ2) is 6.89. The number of nitrogens with zero attached hydrogens (tertiary/aromatic N) is 4. The molecule has 0 unspecified atom stereocenters. The van der Waals surface area contributed by atoms with Crippen molar-refractivity contribution in [2.24, 2.45) is 0 Å². The quantitative estimate of drug-likeness (QED) is 0.448. The Morgan fingerprint density at radius 1 is 1.08 bits per heavy atom. The molecule has 0 saturated heterocycles. The molecule has 1 aromatic carbocycles. The van der Waals surface area contributed by atoms with E-state index in [9.17, 15) is 8.78 Å². The number of pyridine rings is 1. The lowest BCUT2D eigenvalue weighted by Crippen LogP contribution is -2.00. The highest BCUT2D eigenvalue weighted by Crippen LogP contribution is 2.32. The number of fused-ring (bicyclic) bond motifs is 1. The lowest BCUT2D eigenvalue weighted by atomic mass is 10.3. The summed E-state index contributed by atoms with van der Waals surface area (Å²) in [4.78, 5) is 13.1. The predicted octanol–water partition coefficient (Wildman–Crippen LogP) is 5.24. The first-order chi connectivity index (χ1) is 12.2. The van der Waals surface area contributed by atoms with E-state index in [1.54, 1.807) is 30.5 Å². The molecule has 0 radical (unpaired) electrons. The zero-order valence-corrected chi connectivity index (χ0v) is 14.5. The SMILES string of the molecule is FC(F)n1c(SCc2csc(-c3ccccn3)n2)nc2ccccc21. The topological polar surface area (TPSA) is 43.6 Å². The number of rotatable bonds is 5. The summed E-state index contributed by atoms with van der Waals surface area (Å²) < 4.78 is 27.8. The number of imidazole rings is 1. The maximum atomic E-state index is 13.4. The molecule has 0 bridgehead atoms.